The molecular formula is C24H31F6N7S. The third kappa shape index (κ3) is 7.56. The van der Waals surface area contributed by atoms with Gasteiger partial charge in [-0.3, -0.25) is 9.58 Å². The summed E-state index contributed by atoms with van der Waals surface area (Å²) in [5.41, 5.74) is -2.35. The third-order valence-corrected chi connectivity index (χ3v) is 7.24. The minimum Gasteiger partial charge on any atom is -0.358 e. The standard InChI is InChI=1S/C24H31F6N7S/c1-36(12-19-14-37(35-34-19)13-17-5-4-8-31-17)21-7-3-2-6-20(21)33-22(38)32-18-10-15(23(25,26)27)9-16(11-18)24(28,29)30/h9-11,14,17,20-21,31H,2-8,12-13H2,1H3,(H2,32,33,38)/t17-,20-,21-/m1/s1. The van der Waals surface area contributed by atoms with Gasteiger partial charge in [0.05, 0.1) is 23.4 Å². The molecule has 4 rings (SSSR count). The molecule has 1 saturated carbocycles. The van der Waals surface area contributed by atoms with Crippen LogP contribution in [0, 0.1) is 0 Å². The molecule has 14 heteroatoms. The largest absolute Gasteiger partial charge is 0.416 e. The predicted octanol–water partition coefficient (Wildman–Crippen LogP) is 4.80. The van der Waals surface area contributed by atoms with Crippen LogP contribution in [0.4, 0.5) is 32.0 Å². The fourth-order valence-electron chi connectivity index (χ4n) is 5.18. The van der Waals surface area contributed by atoms with E-state index in [-0.39, 0.29) is 28.9 Å². The first-order valence-corrected chi connectivity index (χ1v) is 13.0. The molecule has 3 N–H and O–H groups in total. The van der Waals surface area contributed by atoms with E-state index in [2.05, 4.69) is 31.2 Å². The smallest absolute Gasteiger partial charge is 0.358 e. The van der Waals surface area contributed by atoms with Crippen LogP contribution in [0.15, 0.2) is 24.4 Å². The summed E-state index contributed by atoms with van der Waals surface area (Å²) in [4.78, 5) is 2.13. The van der Waals surface area contributed by atoms with E-state index in [1.807, 2.05) is 17.9 Å². The van der Waals surface area contributed by atoms with Crippen LogP contribution >= 0.6 is 12.2 Å². The lowest BCUT2D eigenvalue weighted by Crippen LogP contribution is -2.52. The summed E-state index contributed by atoms with van der Waals surface area (Å²) in [5, 5.41) is 17.6. The highest BCUT2D eigenvalue weighted by Gasteiger charge is 2.37. The average molecular weight is 564 g/mol. The molecule has 0 bridgehead atoms. The number of halogens is 6. The second-order valence-corrected chi connectivity index (χ2v) is 10.4. The summed E-state index contributed by atoms with van der Waals surface area (Å²) in [5.74, 6) is 0. The quantitative estimate of drug-likeness (QED) is 0.331. The van der Waals surface area contributed by atoms with Crippen LogP contribution in [0.3, 0.4) is 0 Å². The normalized spacial score (nSPS) is 22.6. The molecule has 2 fully saturated rings. The molecule has 1 aliphatic carbocycles. The maximum absolute atomic E-state index is 13.2. The van der Waals surface area contributed by atoms with Gasteiger partial charge in [0, 0.05) is 36.6 Å². The third-order valence-electron chi connectivity index (χ3n) is 7.02. The van der Waals surface area contributed by atoms with E-state index in [1.165, 1.54) is 0 Å². The molecule has 0 spiro atoms. The van der Waals surface area contributed by atoms with Crippen molar-refractivity contribution in [1.29, 1.82) is 0 Å². The lowest BCUT2D eigenvalue weighted by molar-refractivity contribution is -0.143. The van der Waals surface area contributed by atoms with Gasteiger partial charge in [-0.1, -0.05) is 18.1 Å². The van der Waals surface area contributed by atoms with E-state index >= 15 is 0 Å². The van der Waals surface area contributed by atoms with E-state index in [0.29, 0.717) is 24.7 Å². The van der Waals surface area contributed by atoms with Crippen molar-refractivity contribution in [2.75, 3.05) is 18.9 Å². The molecule has 0 radical (unpaired) electrons. The Balaban J connectivity index is 1.39. The lowest BCUT2D eigenvalue weighted by Gasteiger charge is -2.38. The van der Waals surface area contributed by atoms with Crippen LogP contribution in [0.1, 0.15) is 55.3 Å². The predicted molar refractivity (Wildman–Crippen MR) is 134 cm³/mol. The first-order valence-electron chi connectivity index (χ1n) is 12.6. The van der Waals surface area contributed by atoms with E-state index in [9.17, 15) is 26.3 Å². The van der Waals surface area contributed by atoms with Crippen molar-refractivity contribution in [3.63, 3.8) is 0 Å². The number of likely N-dealkylation sites (N-methyl/N-ethyl adjacent to an activating group) is 1. The summed E-state index contributed by atoms with van der Waals surface area (Å²) in [6.45, 7) is 2.32. The molecule has 0 amide bonds. The maximum atomic E-state index is 13.2. The Labute approximate surface area is 222 Å². The van der Waals surface area contributed by atoms with Gasteiger partial charge >= 0.3 is 12.4 Å². The van der Waals surface area contributed by atoms with Crippen LogP contribution in [-0.4, -0.2) is 56.7 Å². The van der Waals surface area contributed by atoms with Gasteiger partial charge < -0.3 is 16.0 Å². The fourth-order valence-corrected chi connectivity index (χ4v) is 5.45. The number of hydrogen-bond donors (Lipinski definition) is 3. The van der Waals surface area contributed by atoms with Crippen LogP contribution in [0.5, 0.6) is 0 Å². The van der Waals surface area contributed by atoms with Gasteiger partial charge in [0.15, 0.2) is 5.11 Å². The lowest BCUT2D eigenvalue weighted by atomic mass is 9.89. The highest BCUT2D eigenvalue weighted by Crippen LogP contribution is 2.37. The highest BCUT2D eigenvalue weighted by atomic mass is 32.1. The van der Waals surface area contributed by atoms with Gasteiger partial charge in [-0.05, 0) is 69.7 Å². The van der Waals surface area contributed by atoms with Gasteiger partial charge in [0.1, 0.15) is 0 Å². The number of nitrogens with one attached hydrogen (secondary N) is 3. The van der Waals surface area contributed by atoms with Gasteiger partial charge in [-0.15, -0.1) is 5.10 Å². The first-order chi connectivity index (χ1) is 17.9. The Kier molecular flexibility index (Phi) is 8.82. The second kappa shape index (κ2) is 11.7. The van der Waals surface area contributed by atoms with Crippen LogP contribution in [0.2, 0.25) is 0 Å². The number of hydrogen-bond acceptors (Lipinski definition) is 5. The zero-order valence-electron chi connectivity index (χ0n) is 20.9. The Morgan fingerprint density at radius 1 is 1.05 bits per heavy atom. The van der Waals surface area contributed by atoms with Gasteiger partial charge in [0.2, 0.25) is 0 Å². The Hall–Kier alpha value is -2.45. The van der Waals surface area contributed by atoms with Crippen molar-refractivity contribution in [3.8, 4) is 0 Å². The Morgan fingerprint density at radius 3 is 2.37 bits per heavy atom. The number of nitrogens with zero attached hydrogens (tertiary/aromatic N) is 4. The number of anilines is 1. The number of thiocarbonyl (C=S) groups is 1. The topological polar surface area (TPSA) is 70.0 Å². The molecule has 210 valence electrons. The molecule has 2 aromatic rings. The van der Waals surface area contributed by atoms with Crippen molar-refractivity contribution in [1.82, 2.24) is 30.5 Å². The fraction of sp³-hybridized carbons (Fsp3) is 0.625. The average Bonchev–Trinajstić information content (AvgIpc) is 3.50. The first kappa shape index (κ1) is 28.6. The van der Waals surface area contributed by atoms with Crippen LogP contribution < -0.4 is 16.0 Å². The molecule has 0 unspecified atom stereocenters. The molecule has 2 heterocycles. The van der Waals surface area contributed by atoms with E-state index < -0.39 is 23.5 Å². The van der Waals surface area contributed by atoms with Crippen LogP contribution in [-0.2, 0) is 25.4 Å². The molecule has 3 atom stereocenters. The van der Waals surface area contributed by atoms with Crippen molar-refractivity contribution < 1.29 is 26.3 Å². The number of benzene rings is 1. The molecular weight excluding hydrogens is 532 g/mol. The minimum absolute atomic E-state index is 0.0299. The van der Waals surface area contributed by atoms with E-state index in [0.717, 1.165) is 57.3 Å². The SMILES string of the molecule is CN(Cc1cn(C[C@H]2CCCN2)nn1)[C@@H]1CCCC[C@H]1NC(=S)Nc1cc(C(F)(F)F)cc(C(F)(F)F)c1. The van der Waals surface area contributed by atoms with Crippen LogP contribution in [0.25, 0.3) is 0 Å². The van der Waals surface area contributed by atoms with Crippen molar-refractivity contribution in [2.45, 2.75) is 82.1 Å². The minimum atomic E-state index is -4.93. The molecule has 1 saturated heterocycles. The molecule has 7 nitrogen and oxygen atoms in total. The van der Waals surface area contributed by atoms with Crippen molar-refractivity contribution >= 4 is 23.0 Å². The molecule has 2 aliphatic rings. The van der Waals surface area contributed by atoms with Gasteiger partial charge in [-0.2, -0.15) is 26.3 Å². The zero-order chi connectivity index (χ0) is 27.5. The summed E-state index contributed by atoms with van der Waals surface area (Å²) in [7, 11) is 1.96. The van der Waals surface area contributed by atoms with Gasteiger partial charge in [-0.25, -0.2) is 0 Å². The summed E-state index contributed by atoms with van der Waals surface area (Å²) < 4.78 is 81.1. The zero-order valence-corrected chi connectivity index (χ0v) is 21.7. The van der Waals surface area contributed by atoms with Gasteiger partial charge in [0.25, 0.3) is 0 Å². The van der Waals surface area contributed by atoms with E-state index in [4.69, 9.17) is 12.2 Å². The summed E-state index contributed by atoms with van der Waals surface area (Å²) in [6.07, 6.45) is -2.13. The van der Waals surface area contributed by atoms with Crippen molar-refractivity contribution in [2.24, 2.45) is 0 Å². The monoisotopic (exact) mass is 563 g/mol. The molecule has 1 aromatic carbocycles. The number of aromatic nitrogens is 3. The molecule has 1 aromatic heterocycles. The maximum Gasteiger partial charge on any atom is 0.416 e. The number of alkyl halides is 6. The summed E-state index contributed by atoms with van der Waals surface area (Å²) in [6, 6.07) is 1.63. The second-order valence-electron chi connectivity index (χ2n) is 9.99. The summed E-state index contributed by atoms with van der Waals surface area (Å²) >= 11 is 5.30. The Morgan fingerprint density at radius 2 is 1.74 bits per heavy atom. The molecule has 1 aliphatic heterocycles. The van der Waals surface area contributed by atoms with E-state index in [1.54, 1.807) is 0 Å². The number of rotatable bonds is 7. The molecule has 38 heavy (non-hydrogen) atoms. The Bertz CT molecular complexity index is 1060. The van der Waals surface area contributed by atoms with Crippen molar-refractivity contribution in [3.05, 3.63) is 41.2 Å². The highest BCUT2D eigenvalue weighted by molar-refractivity contribution is 7.80.